The van der Waals surface area contributed by atoms with Crippen LogP contribution in [0.5, 0.6) is 0 Å². The number of ether oxygens (including phenoxy) is 1. The molecule has 7 heteroatoms. The Balaban J connectivity index is 1.91. The molecule has 102 valence electrons. The third kappa shape index (κ3) is 3.31. The van der Waals surface area contributed by atoms with E-state index in [1.54, 1.807) is 18.6 Å². The molecule has 2 aromatic rings. The molecule has 0 aliphatic carbocycles. The molecule has 0 fully saturated rings. The lowest BCUT2D eigenvalue weighted by Gasteiger charge is -2.06. The Kier molecular flexibility index (Phi) is 4.51. The molecule has 0 atom stereocenters. The summed E-state index contributed by atoms with van der Waals surface area (Å²) in [7, 11) is 1.91. The van der Waals surface area contributed by atoms with Crippen molar-refractivity contribution in [1.82, 2.24) is 14.8 Å². The molecule has 0 saturated heterocycles. The normalized spacial score (nSPS) is 10.4. The second-order valence-electron chi connectivity index (χ2n) is 3.87. The van der Waals surface area contributed by atoms with Crippen LogP contribution in [0.2, 0.25) is 0 Å². The van der Waals surface area contributed by atoms with Crippen molar-refractivity contribution in [3.63, 3.8) is 0 Å². The number of aromatic nitrogens is 3. The quantitative estimate of drug-likeness (QED) is 0.816. The third-order valence-electron chi connectivity index (χ3n) is 2.63. The van der Waals surface area contributed by atoms with Crippen molar-refractivity contribution in [2.75, 3.05) is 18.5 Å². The highest BCUT2D eigenvalue weighted by molar-refractivity contribution is 7.14. The van der Waals surface area contributed by atoms with Crippen LogP contribution < -0.4 is 5.32 Å². The molecule has 1 N–H and O–H groups in total. The van der Waals surface area contributed by atoms with E-state index in [-0.39, 0.29) is 5.97 Å². The van der Waals surface area contributed by atoms with E-state index in [1.165, 1.54) is 11.3 Å². The van der Waals surface area contributed by atoms with E-state index < -0.39 is 0 Å². The van der Waals surface area contributed by atoms with Crippen LogP contribution in [0.4, 0.5) is 5.00 Å². The minimum Gasteiger partial charge on any atom is -0.461 e. The van der Waals surface area contributed by atoms with E-state index in [9.17, 15) is 4.79 Å². The zero-order valence-electron chi connectivity index (χ0n) is 10.9. The molecule has 0 spiro atoms. The summed E-state index contributed by atoms with van der Waals surface area (Å²) in [5.41, 5.74) is 3.13. The number of hydrogen-bond acceptors (Lipinski definition) is 6. The lowest BCUT2D eigenvalue weighted by Crippen LogP contribution is -2.12. The van der Waals surface area contributed by atoms with Gasteiger partial charge in [-0.25, -0.2) is 9.78 Å². The van der Waals surface area contributed by atoms with Crippen LogP contribution in [0.1, 0.15) is 23.1 Å². The number of carbonyl (C=O) groups is 1. The molecule has 0 aliphatic rings. The van der Waals surface area contributed by atoms with Gasteiger partial charge in [0.05, 0.1) is 12.1 Å². The van der Waals surface area contributed by atoms with Crippen molar-refractivity contribution in [2.24, 2.45) is 7.05 Å². The number of carbonyl (C=O) groups excluding carboxylic acids is 1. The maximum Gasteiger partial charge on any atom is 0.360 e. The van der Waals surface area contributed by atoms with Crippen molar-refractivity contribution in [3.05, 3.63) is 29.2 Å². The number of rotatable bonds is 6. The first-order chi connectivity index (χ1) is 9.22. The summed E-state index contributed by atoms with van der Waals surface area (Å²) >= 11 is 1.40. The standard InChI is InChI=1S/C12H16N4O2S/c1-3-18-12(17)10-11(19-8-14-10)13-6-4-9-5-7-15-16(9)2/h5,7-8,13H,3-4,6H2,1-2H3. The summed E-state index contributed by atoms with van der Waals surface area (Å²) in [6.07, 6.45) is 2.60. The largest absolute Gasteiger partial charge is 0.461 e. The van der Waals surface area contributed by atoms with Gasteiger partial charge in [-0.1, -0.05) is 0 Å². The van der Waals surface area contributed by atoms with Gasteiger partial charge in [0.1, 0.15) is 5.00 Å². The van der Waals surface area contributed by atoms with E-state index in [0.717, 1.165) is 17.1 Å². The maximum atomic E-state index is 11.6. The summed E-state index contributed by atoms with van der Waals surface area (Å²) in [5, 5.41) is 8.07. The summed E-state index contributed by atoms with van der Waals surface area (Å²) < 4.78 is 6.78. The van der Waals surface area contributed by atoms with Crippen LogP contribution in [0, 0.1) is 0 Å². The van der Waals surface area contributed by atoms with Crippen molar-refractivity contribution in [1.29, 1.82) is 0 Å². The third-order valence-corrected chi connectivity index (χ3v) is 3.41. The van der Waals surface area contributed by atoms with E-state index >= 15 is 0 Å². The minimum absolute atomic E-state index is 0.352. The molecule has 0 amide bonds. The Bertz CT molecular complexity index is 549. The van der Waals surface area contributed by atoms with Crippen molar-refractivity contribution < 1.29 is 9.53 Å². The zero-order chi connectivity index (χ0) is 13.7. The zero-order valence-corrected chi connectivity index (χ0v) is 11.7. The predicted molar refractivity (Wildman–Crippen MR) is 73.5 cm³/mol. The Labute approximate surface area is 115 Å². The summed E-state index contributed by atoms with van der Waals surface area (Å²) in [5.74, 6) is -0.383. The van der Waals surface area contributed by atoms with Gasteiger partial charge < -0.3 is 10.1 Å². The van der Waals surface area contributed by atoms with Gasteiger partial charge in [-0.15, -0.1) is 11.3 Å². The highest BCUT2D eigenvalue weighted by Gasteiger charge is 2.15. The fraction of sp³-hybridized carbons (Fsp3) is 0.417. The molecular weight excluding hydrogens is 264 g/mol. The number of nitrogens with zero attached hydrogens (tertiary/aromatic N) is 3. The second-order valence-corrected chi connectivity index (χ2v) is 4.73. The van der Waals surface area contributed by atoms with E-state index in [0.29, 0.717) is 18.8 Å². The number of anilines is 1. The highest BCUT2D eigenvalue weighted by Crippen LogP contribution is 2.20. The Morgan fingerprint density at radius 3 is 3.11 bits per heavy atom. The van der Waals surface area contributed by atoms with Gasteiger partial charge in [0.25, 0.3) is 0 Å². The van der Waals surface area contributed by atoms with E-state index in [2.05, 4.69) is 15.4 Å². The molecule has 2 rings (SSSR count). The van der Waals surface area contributed by atoms with Crippen LogP contribution in [0.15, 0.2) is 17.8 Å². The Hall–Kier alpha value is -1.89. The smallest absolute Gasteiger partial charge is 0.360 e. The molecule has 2 aromatic heterocycles. The van der Waals surface area contributed by atoms with Crippen molar-refractivity contribution in [2.45, 2.75) is 13.3 Å². The molecule has 0 radical (unpaired) electrons. The van der Waals surface area contributed by atoms with Crippen LogP contribution in [0.25, 0.3) is 0 Å². The summed E-state index contributed by atoms with van der Waals surface area (Å²) in [6, 6.07) is 1.97. The first-order valence-electron chi connectivity index (χ1n) is 6.03. The molecule has 0 unspecified atom stereocenters. The van der Waals surface area contributed by atoms with Gasteiger partial charge >= 0.3 is 5.97 Å². The van der Waals surface area contributed by atoms with Gasteiger partial charge in [-0.05, 0) is 13.0 Å². The van der Waals surface area contributed by atoms with Crippen LogP contribution in [0.3, 0.4) is 0 Å². The molecule has 2 heterocycles. The monoisotopic (exact) mass is 280 g/mol. The van der Waals surface area contributed by atoms with Crippen molar-refractivity contribution >= 4 is 22.3 Å². The van der Waals surface area contributed by atoms with Gasteiger partial charge in [-0.2, -0.15) is 5.10 Å². The van der Waals surface area contributed by atoms with Gasteiger partial charge in [0, 0.05) is 31.9 Å². The van der Waals surface area contributed by atoms with Gasteiger partial charge in [0.15, 0.2) is 5.69 Å². The minimum atomic E-state index is -0.383. The van der Waals surface area contributed by atoms with Gasteiger partial charge in [0.2, 0.25) is 0 Å². The lowest BCUT2D eigenvalue weighted by atomic mass is 10.3. The highest BCUT2D eigenvalue weighted by atomic mass is 32.1. The van der Waals surface area contributed by atoms with Crippen LogP contribution >= 0.6 is 11.3 Å². The maximum absolute atomic E-state index is 11.6. The average Bonchev–Trinajstić information content (AvgIpc) is 3.00. The van der Waals surface area contributed by atoms with Gasteiger partial charge in [-0.3, -0.25) is 4.68 Å². The van der Waals surface area contributed by atoms with Crippen LogP contribution in [-0.4, -0.2) is 33.9 Å². The predicted octanol–water partition coefficient (Wildman–Crippen LogP) is 1.71. The molecule has 0 aromatic carbocycles. The van der Waals surface area contributed by atoms with Crippen molar-refractivity contribution in [3.8, 4) is 0 Å². The SMILES string of the molecule is CCOC(=O)c1ncsc1NCCc1ccnn1C. The average molecular weight is 280 g/mol. The Morgan fingerprint density at radius 1 is 1.58 bits per heavy atom. The first kappa shape index (κ1) is 13.5. The lowest BCUT2D eigenvalue weighted by molar-refractivity contribution is 0.0521. The fourth-order valence-corrected chi connectivity index (χ4v) is 2.36. The molecule has 6 nitrogen and oxygen atoms in total. The second kappa shape index (κ2) is 6.33. The number of nitrogens with one attached hydrogen (secondary N) is 1. The number of aryl methyl sites for hydroxylation is 1. The fourth-order valence-electron chi connectivity index (χ4n) is 1.67. The molecule has 0 saturated carbocycles. The number of thiazole rings is 1. The molecule has 19 heavy (non-hydrogen) atoms. The number of hydrogen-bond donors (Lipinski definition) is 1. The molecule has 0 bridgehead atoms. The Morgan fingerprint density at radius 2 is 2.42 bits per heavy atom. The molecule has 0 aliphatic heterocycles. The van der Waals surface area contributed by atoms with E-state index in [1.807, 2.05) is 17.8 Å². The topological polar surface area (TPSA) is 69.0 Å². The molecular formula is C12H16N4O2S. The summed E-state index contributed by atoms with van der Waals surface area (Å²) in [6.45, 7) is 2.85. The number of esters is 1. The summed E-state index contributed by atoms with van der Waals surface area (Å²) in [4.78, 5) is 15.7. The van der Waals surface area contributed by atoms with E-state index in [4.69, 9.17) is 4.74 Å². The first-order valence-corrected chi connectivity index (χ1v) is 6.91. The van der Waals surface area contributed by atoms with Crippen LogP contribution in [-0.2, 0) is 18.2 Å².